The Hall–Kier alpha value is -1.55. The van der Waals surface area contributed by atoms with Crippen molar-refractivity contribution in [3.8, 4) is 5.75 Å². The second kappa shape index (κ2) is 5.83. The van der Waals surface area contributed by atoms with Crippen LogP contribution in [0.1, 0.15) is 44.7 Å². The Balaban J connectivity index is 2.26. The fourth-order valence-corrected chi connectivity index (χ4v) is 3.29. The standard InChI is InChI=1S/C16H23NO3/c1-4-16(15(18)19)10-5-11-17(16)12(2)13-6-8-14(20-3)9-7-13/h6-9,12H,4-5,10-11H2,1-3H3,(H,18,19). The minimum Gasteiger partial charge on any atom is -0.497 e. The van der Waals surface area contributed by atoms with E-state index in [2.05, 4.69) is 11.8 Å². The maximum Gasteiger partial charge on any atom is 0.324 e. The molecule has 0 saturated carbocycles. The molecule has 0 bridgehead atoms. The number of methoxy groups -OCH3 is 1. The summed E-state index contributed by atoms with van der Waals surface area (Å²) in [7, 11) is 1.64. The Kier molecular flexibility index (Phi) is 4.33. The second-order valence-corrected chi connectivity index (χ2v) is 5.44. The van der Waals surface area contributed by atoms with Crippen LogP contribution in [0.5, 0.6) is 5.75 Å². The van der Waals surface area contributed by atoms with Crippen molar-refractivity contribution in [2.75, 3.05) is 13.7 Å². The van der Waals surface area contributed by atoms with Crippen LogP contribution in [-0.2, 0) is 4.79 Å². The van der Waals surface area contributed by atoms with E-state index < -0.39 is 11.5 Å². The van der Waals surface area contributed by atoms with Gasteiger partial charge in [0, 0.05) is 6.04 Å². The number of rotatable bonds is 5. The summed E-state index contributed by atoms with van der Waals surface area (Å²) in [4.78, 5) is 13.9. The van der Waals surface area contributed by atoms with Gasteiger partial charge in [0.1, 0.15) is 11.3 Å². The van der Waals surface area contributed by atoms with Crippen LogP contribution in [0.4, 0.5) is 0 Å². The van der Waals surface area contributed by atoms with Crippen LogP contribution in [-0.4, -0.2) is 35.2 Å². The summed E-state index contributed by atoms with van der Waals surface area (Å²) >= 11 is 0. The van der Waals surface area contributed by atoms with Crippen LogP contribution in [0.2, 0.25) is 0 Å². The summed E-state index contributed by atoms with van der Waals surface area (Å²) in [6, 6.07) is 7.99. The molecule has 0 aromatic heterocycles. The van der Waals surface area contributed by atoms with Crippen LogP contribution in [0, 0.1) is 0 Å². The molecule has 1 aromatic rings. The summed E-state index contributed by atoms with van der Waals surface area (Å²) in [5, 5.41) is 9.65. The second-order valence-electron chi connectivity index (χ2n) is 5.44. The Bertz CT molecular complexity index is 471. The van der Waals surface area contributed by atoms with E-state index in [1.165, 1.54) is 0 Å². The van der Waals surface area contributed by atoms with Crippen molar-refractivity contribution in [1.29, 1.82) is 0 Å². The third kappa shape index (κ3) is 2.40. The Morgan fingerprint density at radius 3 is 2.60 bits per heavy atom. The molecular weight excluding hydrogens is 254 g/mol. The monoisotopic (exact) mass is 277 g/mol. The van der Waals surface area contributed by atoms with Gasteiger partial charge in [-0.25, -0.2) is 0 Å². The molecule has 4 nitrogen and oxygen atoms in total. The molecular formula is C16H23NO3. The van der Waals surface area contributed by atoms with Gasteiger partial charge in [-0.1, -0.05) is 19.1 Å². The molecule has 0 amide bonds. The number of aliphatic carboxylic acids is 1. The molecule has 1 heterocycles. The molecule has 1 saturated heterocycles. The lowest BCUT2D eigenvalue weighted by molar-refractivity contribution is -0.151. The summed E-state index contributed by atoms with van der Waals surface area (Å²) < 4.78 is 5.17. The number of nitrogens with zero attached hydrogens (tertiary/aromatic N) is 1. The highest BCUT2D eigenvalue weighted by Crippen LogP contribution is 2.39. The quantitative estimate of drug-likeness (QED) is 0.898. The lowest BCUT2D eigenvalue weighted by Gasteiger charge is -2.38. The van der Waals surface area contributed by atoms with Crippen LogP contribution >= 0.6 is 0 Å². The van der Waals surface area contributed by atoms with Gasteiger partial charge in [0.25, 0.3) is 0 Å². The number of benzene rings is 1. The molecule has 2 rings (SSSR count). The average molecular weight is 277 g/mol. The fourth-order valence-electron chi connectivity index (χ4n) is 3.29. The van der Waals surface area contributed by atoms with E-state index in [4.69, 9.17) is 4.74 Å². The third-order valence-electron chi connectivity index (χ3n) is 4.59. The highest BCUT2D eigenvalue weighted by Gasteiger charge is 2.48. The van der Waals surface area contributed by atoms with Crippen molar-refractivity contribution in [3.05, 3.63) is 29.8 Å². The van der Waals surface area contributed by atoms with Crippen molar-refractivity contribution < 1.29 is 14.6 Å². The minimum atomic E-state index is -0.709. The van der Waals surface area contributed by atoms with Gasteiger partial charge < -0.3 is 9.84 Å². The molecule has 1 fully saturated rings. The van der Waals surface area contributed by atoms with E-state index in [0.29, 0.717) is 6.42 Å². The first-order valence-electron chi connectivity index (χ1n) is 7.19. The smallest absolute Gasteiger partial charge is 0.324 e. The van der Waals surface area contributed by atoms with Crippen molar-refractivity contribution in [1.82, 2.24) is 4.90 Å². The normalized spacial score (nSPS) is 24.6. The van der Waals surface area contributed by atoms with Gasteiger partial charge in [-0.2, -0.15) is 0 Å². The summed E-state index contributed by atoms with van der Waals surface area (Å²) in [6.07, 6.45) is 2.32. The number of carboxylic acid groups (broad SMARTS) is 1. The maximum absolute atomic E-state index is 11.7. The largest absolute Gasteiger partial charge is 0.497 e. The van der Waals surface area contributed by atoms with Crippen molar-refractivity contribution in [2.24, 2.45) is 0 Å². The first-order chi connectivity index (χ1) is 9.55. The molecule has 2 unspecified atom stereocenters. The molecule has 0 aliphatic carbocycles. The molecule has 0 radical (unpaired) electrons. The molecule has 20 heavy (non-hydrogen) atoms. The molecule has 110 valence electrons. The van der Waals surface area contributed by atoms with Gasteiger partial charge >= 0.3 is 5.97 Å². The zero-order chi connectivity index (χ0) is 14.8. The summed E-state index contributed by atoms with van der Waals surface area (Å²) in [6.45, 7) is 4.89. The third-order valence-corrected chi connectivity index (χ3v) is 4.59. The molecule has 1 aliphatic heterocycles. The summed E-state index contributed by atoms with van der Waals surface area (Å²) in [5.74, 6) is 0.125. The van der Waals surface area contributed by atoms with E-state index >= 15 is 0 Å². The van der Waals surface area contributed by atoms with Gasteiger partial charge in [0.05, 0.1) is 7.11 Å². The zero-order valence-electron chi connectivity index (χ0n) is 12.4. The van der Waals surface area contributed by atoms with E-state index in [0.717, 1.165) is 30.7 Å². The van der Waals surface area contributed by atoms with Crippen LogP contribution in [0.25, 0.3) is 0 Å². The predicted octanol–water partition coefficient (Wildman–Crippen LogP) is 3.09. The Labute approximate surface area is 120 Å². The number of hydrogen-bond acceptors (Lipinski definition) is 3. The van der Waals surface area contributed by atoms with E-state index in [1.807, 2.05) is 31.2 Å². The number of carboxylic acids is 1. The molecule has 2 atom stereocenters. The molecule has 1 N–H and O–H groups in total. The van der Waals surface area contributed by atoms with Crippen LogP contribution in [0.15, 0.2) is 24.3 Å². The fraction of sp³-hybridized carbons (Fsp3) is 0.562. The lowest BCUT2D eigenvalue weighted by atomic mass is 9.91. The van der Waals surface area contributed by atoms with Crippen molar-refractivity contribution >= 4 is 5.97 Å². The first-order valence-corrected chi connectivity index (χ1v) is 7.19. The van der Waals surface area contributed by atoms with Gasteiger partial charge in [0.15, 0.2) is 0 Å². The minimum absolute atomic E-state index is 0.0967. The van der Waals surface area contributed by atoms with E-state index in [1.54, 1.807) is 7.11 Å². The molecule has 1 aliphatic rings. The highest BCUT2D eigenvalue weighted by atomic mass is 16.5. The SMILES string of the molecule is CCC1(C(=O)O)CCCN1C(C)c1ccc(OC)cc1. The lowest BCUT2D eigenvalue weighted by Crippen LogP contribution is -2.50. The van der Waals surface area contributed by atoms with Crippen LogP contribution < -0.4 is 4.74 Å². The number of hydrogen-bond donors (Lipinski definition) is 1. The maximum atomic E-state index is 11.7. The number of likely N-dealkylation sites (tertiary alicyclic amines) is 1. The number of ether oxygens (including phenoxy) is 1. The predicted molar refractivity (Wildman–Crippen MR) is 78.0 cm³/mol. The Morgan fingerprint density at radius 1 is 1.45 bits per heavy atom. The van der Waals surface area contributed by atoms with E-state index in [-0.39, 0.29) is 6.04 Å². The molecule has 1 aromatic carbocycles. The van der Waals surface area contributed by atoms with Crippen molar-refractivity contribution in [2.45, 2.75) is 44.7 Å². The average Bonchev–Trinajstić information content (AvgIpc) is 2.91. The van der Waals surface area contributed by atoms with E-state index in [9.17, 15) is 9.90 Å². The van der Waals surface area contributed by atoms with Gasteiger partial charge in [0.2, 0.25) is 0 Å². The molecule has 4 heteroatoms. The molecule has 0 spiro atoms. The first kappa shape index (κ1) is 14.9. The van der Waals surface area contributed by atoms with Gasteiger partial charge in [-0.05, 0) is 50.4 Å². The van der Waals surface area contributed by atoms with Crippen molar-refractivity contribution in [3.63, 3.8) is 0 Å². The zero-order valence-corrected chi connectivity index (χ0v) is 12.4. The Morgan fingerprint density at radius 2 is 2.10 bits per heavy atom. The highest BCUT2D eigenvalue weighted by molar-refractivity contribution is 5.79. The summed E-state index contributed by atoms with van der Waals surface area (Å²) in [5.41, 5.74) is 0.422. The topological polar surface area (TPSA) is 49.8 Å². The van der Waals surface area contributed by atoms with Crippen LogP contribution in [0.3, 0.4) is 0 Å². The van der Waals surface area contributed by atoms with Gasteiger partial charge in [-0.3, -0.25) is 9.69 Å². The van der Waals surface area contributed by atoms with Gasteiger partial charge in [-0.15, -0.1) is 0 Å². The number of carbonyl (C=O) groups is 1.